The van der Waals surface area contributed by atoms with Crippen LogP contribution in [0.15, 0.2) is 60.0 Å². The number of piperidine rings is 1. The number of aromatic nitrogens is 4. The Hall–Kier alpha value is -4.03. The molecule has 9 nitrogen and oxygen atoms in total. The van der Waals surface area contributed by atoms with Gasteiger partial charge in [0.2, 0.25) is 0 Å². The molecular formula is C25H23N7O2. The summed E-state index contributed by atoms with van der Waals surface area (Å²) in [7, 11) is 0. The smallest absolute Gasteiger partial charge is 0.173 e. The fourth-order valence-electron chi connectivity index (χ4n) is 4.63. The van der Waals surface area contributed by atoms with E-state index in [-0.39, 0.29) is 12.0 Å². The van der Waals surface area contributed by atoms with Crippen LogP contribution in [0.5, 0.6) is 0 Å². The zero-order chi connectivity index (χ0) is 22.9. The van der Waals surface area contributed by atoms with E-state index in [1.54, 1.807) is 12.4 Å². The summed E-state index contributed by atoms with van der Waals surface area (Å²) >= 11 is 0. The molecule has 1 aromatic carbocycles. The standard InChI is InChI=1S/C25H23N7O2/c26-13-19-6-7-21-25(28-19)22(12-23-29-27-16-32(21)23)31-10-8-18(9-11-31)24(17-4-2-1-3-5-17)30-34-20-14-33-15-20/h1-7,12,16,18,20H,8-11,14-15H2/b30-24+. The molecule has 0 saturated carbocycles. The van der Waals surface area contributed by atoms with E-state index in [1.807, 2.05) is 34.7 Å². The van der Waals surface area contributed by atoms with Crippen LogP contribution in [-0.2, 0) is 9.57 Å². The lowest BCUT2D eigenvalue weighted by atomic mass is 9.88. The van der Waals surface area contributed by atoms with Gasteiger partial charge >= 0.3 is 0 Å². The fourth-order valence-corrected chi connectivity index (χ4v) is 4.63. The molecule has 4 aromatic rings. The number of nitrogens with zero attached hydrogens (tertiary/aromatic N) is 7. The van der Waals surface area contributed by atoms with Crippen LogP contribution in [0.2, 0.25) is 0 Å². The number of fused-ring (bicyclic) bond motifs is 3. The van der Waals surface area contributed by atoms with E-state index in [1.165, 1.54) is 0 Å². The van der Waals surface area contributed by atoms with Crippen LogP contribution in [0, 0.1) is 17.2 Å². The molecule has 0 unspecified atom stereocenters. The van der Waals surface area contributed by atoms with Gasteiger partial charge < -0.3 is 14.5 Å². The molecule has 2 saturated heterocycles. The molecule has 0 N–H and O–H groups in total. The summed E-state index contributed by atoms with van der Waals surface area (Å²) in [5.41, 5.74) is 5.90. The highest BCUT2D eigenvalue weighted by Crippen LogP contribution is 2.32. The number of pyridine rings is 2. The molecule has 5 heterocycles. The number of benzene rings is 1. The van der Waals surface area contributed by atoms with Crippen molar-refractivity contribution < 1.29 is 9.57 Å². The molecule has 0 atom stereocenters. The van der Waals surface area contributed by atoms with Gasteiger partial charge in [-0.2, -0.15) is 5.26 Å². The van der Waals surface area contributed by atoms with E-state index in [0.717, 1.165) is 59.6 Å². The van der Waals surface area contributed by atoms with E-state index in [0.29, 0.717) is 18.9 Å². The van der Waals surface area contributed by atoms with Gasteiger partial charge in [0, 0.05) is 25.1 Å². The Bertz CT molecular complexity index is 1400. The maximum absolute atomic E-state index is 9.40. The largest absolute Gasteiger partial charge is 0.387 e. The van der Waals surface area contributed by atoms with Gasteiger partial charge in [0.25, 0.3) is 0 Å². The molecule has 170 valence electrons. The van der Waals surface area contributed by atoms with Crippen molar-refractivity contribution in [2.24, 2.45) is 11.1 Å². The third-order valence-corrected chi connectivity index (χ3v) is 6.53. The monoisotopic (exact) mass is 453 g/mol. The van der Waals surface area contributed by atoms with Crippen LogP contribution < -0.4 is 4.90 Å². The average Bonchev–Trinajstić information content (AvgIpc) is 3.34. The minimum atomic E-state index is 0.0421. The number of anilines is 1. The van der Waals surface area contributed by atoms with Crippen LogP contribution in [0.25, 0.3) is 16.7 Å². The topological polar surface area (TPSA) is 101 Å². The molecule has 2 aliphatic rings. The van der Waals surface area contributed by atoms with Crippen molar-refractivity contribution in [1.82, 2.24) is 19.6 Å². The number of ether oxygens (including phenoxy) is 1. The number of oxime groups is 1. The first-order valence-corrected chi connectivity index (χ1v) is 11.5. The van der Waals surface area contributed by atoms with Gasteiger partial charge in [-0.15, -0.1) is 10.2 Å². The van der Waals surface area contributed by atoms with Crippen molar-refractivity contribution in [2.75, 3.05) is 31.2 Å². The minimum Gasteiger partial charge on any atom is -0.387 e. The van der Waals surface area contributed by atoms with Gasteiger partial charge in [-0.3, -0.25) is 4.40 Å². The zero-order valence-corrected chi connectivity index (χ0v) is 18.5. The maximum atomic E-state index is 9.40. The SMILES string of the molecule is N#Cc1ccc2c(n1)c(N1CCC(/C(=N/OC3COC3)c3ccccc3)CC1)cc1nncn12. The molecule has 2 aliphatic heterocycles. The van der Waals surface area contributed by atoms with Gasteiger partial charge in [-0.25, -0.2) is 4.98 Å². The normalized spacial score (nSPS) is 17.6. The summed E-state index contributed by atoms with van der Waals surface area (Å²) in [6.07, 6.45) is 3.57. The summed E-state index contributed by atoms with van der Waals surface area (Å²) < 4.78 is 7.12. The number of nitriles is 1. The first kappa shape index (κ1) is 20.6. The Morgan fingerprint density at radius 1 is 1.12 bits per heavy atom. The van der Waals surface area contributed by atoms with Gasteiger partial charge in [0.15, 0.2) is 11.8 Å². The van der Waals surface area contributed by atoms with Crippen molar-refractivity contribution in [3.63, 3.8) is 0 Å². The molecule has 0 bridgehead atoms. The highest BCUT2D eigenvalue weighted by atomic mass is 16.7. The lowest BCUT2D eigenvalue weighted by molar-refractivity contribution is -0.129. The summed E-state index contributed by atoms with van der Waals surface area (Å²) in [4.78, 5) is 12.7. The van der Waals surface area contributed by atoms with Crippen molar-refractivity contribution >= 4 is 28.1 Å². The van der Waals surface area contributed by atoms with Crippen LogP contribution in [0.4, 0.5) is 5.69 Å². The van der Waals surface area contributed by atoms with Gasteiger partial charge in [-0.05, 0) is 30.5 Å². The number of rotatable bonds is 5. The molecule has 9 heteroatoms. The van der Waals surface area contributed by atoms with E-state index >= 15 is 0 Å². The Morgan fingerprint density at radius 3 is 2.68 bits per heavy atom. The van der Waals surface area contributed by atoms with Crippen LogP contribution in [-0.4, -0.2) is 57.7 Å². The highest BCUT2D eigenvalue weighted by molar-refractivity contribution is 6.02. The molecule has 0 aliphatic carbocycles. The predicted molar refractivity (Wildman–Crippen MR) is 127 cm³/mol. The molecule has 34 heavy (non-hydrogen) atoms. The quantitative estimate of drug-likeness (QED) is 0.338. The fraction of sp³-hybridized carbons (Fsp3) is 0.320. The Labute approximate surface area is 196 Å². The highest BCUT2D eigenvalue weighted by Gasteiger charge is 2.28. The van der Waals surface area contributed by atoms with E-state index in [2.05, 4.69) is 43.4 Å². The molecule has 6 rings (SSSR count). The second kappa shape index (κ2) is 8.72. The third-order valence-electron chi connectivity index (χ3n) is 6.53. The minimum absolute atomic E-state index is 0.0421. The van der Waals surface area contributed by atoms with Gasteiger partial charge in [-0.1, -0.05) is 35.5 Å². The molecule has 3 aromatic heterocycles. The second-order valence-electron chi connectivity index (χ2n) is 8.63. The lowest BCUT2D eigenvalue weighted by Gasteiger charge is -2.34. The molecule has 0 spiro atoms. The number of hydrogen-bond acceptors (Lipinski definition) is 8. The van der Waals surface area contributed by atoms with Crippen molar-refractivity contribution in [3.05, 3.63) is 66.1 Å². The average molecular weight is 454 g/mol. The Morgan fingerprint density at radius 2 is 1.94 bits per heavy atom. The predicted octanol–water partition coefficient (Wildman–Crippen LogP) is 3.19. The van der Waals surface area contributed by atoms with Crippen molar-refractivity contribution in [2.45, 2.75) is 18.9 Å². The van der Waals surface area contributed by atoms with Crippen LogP contribution in [0.1, 0.15) is 24.1 Å². The van der Waals surface area contributed by atoms with E-state index in [9.17, 15) is 5.26 Å². The van der Waals surface area contributed by atoms with Gasteiger partial charge in [0.05, 0.1) is 30.1 Å². The molecule has 0 amide bonds. The summed E-state index contributed by atoms with van der Waals surface area (Å²) in [6, 6.07) is 18.1. The maximum Gasteiger partial charge on any atom is 0.173 e. The Balaban J connectivity index is 1.29. The zero-order valence-electron chi connectivity index (χ0n) is 18.5. The summed E-state index contributed by atoms with van der Waals surface area (Å²) in [5, 5.41) is 22.3. The van der Waals surface area contributed by atoms with Crippen molar-refractivity contribution in [1.29, 1.82) is 5.26 Å². The first-order chi connectivity index (χ1) is 16.8. The van der Waals surface area contributed by atoms with Crippen LogP contribution >= 0.6 is 0 Å². The summed E-state index contributed by atoms with van der Waals surface area (Å²) in [6.45, 7) is 2.86. The third kappa shape index (κ3) is 3.72. The molecular weight excluding hydrogens is 430 g/mol. The molecule has 0 radical (unpaired) electrons. The molecule has 2 fully saturated rings. The second-order valence-corrected chi connectivity index (χ2v) is 8.63. The van der Waals surface area contributed by atoms with E-state index < -0.39 is 0 Å². The van der Waals surface area contributed by atoms with Crippen molar-refractivity contribution in [3.8, 4) is 6.07 Å². The lowest BCUT2D eigenvalue weighted by Crippen LogP contribution is -2.38. The summed E-state index contributed by atoms with van der Waals surface area (Å²) in [5.74, 6) is 0.283. The van der Waals surface area contributed by atoms with Crippen LogP contribution in [0.3, 0.4) is 0 Å². The number of hydrogen-bond donors (Lipinski definition) is 0. The first-order valence-electron chi connectivity index (χ1n) is 11.5. The van der Waals surface area contributed by atoms with E-state index in [4.69, 9.17) is 9.57 Å². The Kier molecular flexibility index (Phi) is 5.28. The van der Waals surface area contributed by atoms with Gasteiger partial charge in [0.1, 0.15) is 23.6 Å².